The highest BCUT2D eigenvalue weighted by Crippen LogP contribution is 2.26. The summed E-state index contributed by atoms with van der Waals surface area (Å²) in [5.41, 5.74) is 5.68. The Hall–Kier alpha value is -1.93. The smallest absolute Gasteiger partial charge is 0.264 e. The summed E-state index contributed by atoms with van der Waals surface area (Å²) in [5, 5.41) is 0.0842. The second-order valence-electron chi connectivity index (χ2n) is 4.02. The topological polar surface area (TPSA) is 72.2 Å². The molecule has 0 fully saturated rings. The molecular formula is C12H8ClF3N2O2S. The predicted molar refractivity (Wildman–Crippen MR) is 73.0 cm³/mol. The van der Waals surface area contributed by atoms with Crippen molar-refractivity contribution in [1.29, 1.82) is 0 Å². The average molecular weight is 337 g/mol. The van der Waals surface area contributed by atoms with E-state index in [1.807, 2.05) is 4.72 Å². The van der Waals surface area contributed by atoms with Gasteiger partial charge in [-0.3, -0.25) is 4.72 Å². The Morgan fingerprint density at radius 3 is 2.33 bits per heavy atom. The minimum absolute atomic E-state index is 0.00154. The van der Waals surface area contributed by atoms with Gasteiger partial charge in [0.2, 0.25) is 0 Å². The van der Waals surface area contributed by atoms with Gasteiger partial charge in [-0.05, 0) is 30.3 Å². The number of nitrogen functional groups attached to an aromatic ring is 1. The van der Waals surface area contributed by atoms with Gasteiger partial charge in [0.25, 0.3) is 10.0 Å². The molecule has 3 N–H and O–H groups in total. The number of sulfonamides is 1. The highest BCUT2D eigenvalue weighted by molar-refractivity contribution is 7.92. The summed E-state index contributed by atoms with van der Waals surface area (Å²) in [7, 11) is -4.44. The molecule has 0 aliphatic rings. The SMILES string of the molecule is Nc1ccc(NS(=O)(=O)c2ccc(F)c(F)c2F)cc1Cl. The van der Waals surface area contributed by atoms with Crippen LogP contribution in [0.4, 0.5) is 24.5 Å². The number of nitrogens with one attached hydrogen (secondary N) is 1. The van der Waals surface area contributed by atoms with Crippen LogP contribution in [0, 0.1) is 17.5 Å². The van der Waals surface area contributed by atoms with E-state index in [0.29, 0.717) is 12.1 Å². The van der Waals surface area contributed by atoms with Crippen LogP contribution in [0.1, 0.15) is 0 Å². The van der Waals surface area contributed by atoms with Gasteiger partial charge in [-0.15, -0.1) is 0 Å². The van der Waals surface area contributed by atoms with Crippen LogP contribution in [0.15, 0.2) is 35.2 Å². The molecule has 2 aromatic carbocycles. The molecule has 0 atom stereocenters. The van der Waals surface area contributed by atoms with Crippen LogP contribution < -0.4 is 10.5 Å². The zero-order chi connectivity index (χ0) is 15.8. The van der Waals surface area contributed by atoms with Gasteiger partial charge >= 0.3 is 0 Å². The van der Waals surface area contributed by atoms with Gasteiger partial charge in [-0.2, -0.15) is 0 Å². The van der Waals surface area contributed by atoms with E-state index in [0.717, 1.165) is 0 Å². The van der Waals surface area contributed by atoms with Crippen LogP contribution >= 0.6 is 11.6 Å². The number of anilines is 2. The first-order chi connectivity index (χ1) is 9.72. The summed E-state index contributed by atoms with van der Waals surface area (Å²) in [6.07, 6.45) is 0. The van der Waals surface area contributed by atoms with Crippen LogP contribution in [0.5, 0.6) is 0 Å². The summed E-state index contributed by atoms with van der Waals surface area (Å²) in [6.45, 7) is 0. The van der Waals surface area contributed by atoms with Crippen LogP contribution in [0.25, 0.3) is 0 Å². The number of hydrogen-bond donors (Lipinski definition) is 2. The normalized spacial score (nSPS) is 11.4. The molecule has 0 amide bonds. The lowest BCUT2D eigenvalue weighted by Gasteiger charge is -2.10. The molecule has 0 spiro atoms. The number of nitrogens with two attached hydrogens (primary N) is 1. The molecule has 0 bridgehead atoms. The lowest BCUT2D eigenvalue weighted by molar-refractivity contribution is 0.432. The average Bonchev–Trinajstić information content (AvgIpc) is 2.39. The van der Waals surface area contributed by atoms with Crippen molar-refractivity contribution in [1.82, 2.24) is 0 Å². The standard InChI is InChI=1S/C12H8ClF3N2O2S/c13-7-5-6(1-3-9(7)17)18-21(19,20)10-4-2-8(14)11(15)12(10)16/h1-5,18H,17H2. The first-order valence-corrected chi connectivity index (χ1v) is 7.30. The molecule has 0 aromatic heterocycles. The van der Waals surface area contributed by atoms with Crippen molar-refractivity contribution in [3.63, 3.8) is 0 Å². The molecule has 9 heteroatoms. The highest BCUT2D eigenvalue weighted by atomic mass is 35.5. The maximum absolute atomic E-state index is 13.5. The van der Waals surface area contributed by atoms with Crippen molar-refractivity contribution in [2.24, 2.45) is 0 Å². The second kappa shape index (κ2) is 5.45. The molecule has 21 heavy (non-hydrogen) atoms. The van der Waals surface area contributed by atoms with Gasteiger partial charge in [-0.1, -0.05) is 11.6 Å². The van der Waals surface area contributed by atoms with Crippen molar-refractivity contribution in [2.45, 2.75) is 4.90 Å². The Kier molecular flexibility index (Phi) is 4.02. The number of halogens is 4. The molecular weight excluding hydrogens is 329 g/mol. The lowest BCUT2D eigenvalue weighted by atomic mass is 10.3. The van der Waals surface area contributed by atoms with Gasteiger partial charge in [0.15, 0.2) is 17.5 Å². The summed E-state index contributed by atoms with van der Waals surface area (Å²) in [5.74, 6) is -5.15. The third-order valence-electron chi connectivity index (χ3n) is 2.54. The molecule has 112 valence electrons. The van der Waals surface area contributed by atoms with Gasteiger partial charge in [0, 0.05) is 0 Å². The molecule has 4 nitrogen and oxygen atoms in total. The van der Waals surface area contributed by atoms with Gasteiger partial charge in [0.05, 0.1) is 16.4 Å². The minimum Gasteiger partial charge on any atom is -0.398 e. The number of benzene rings is 2. The fraction of sp³-hybridized carbons (Fsp3) is 0. The van der Waals surface area contributed by atoms with E-state index >= 15 is 0 Å². The molecule has 0 unspecified atom stereocenters. The number of hydrogen-bond acceptors (Lipinski definition) is 3. The fourth-order valence-electron chi connectivity index (χ4n) is 1.52. The zero-order valence-electron chi connectivity index (χ0n) is 10.2. The Balaban J connectivity index is 2.43. The molecule has 0 radical (unpaired) electrons. The van der Waals surface area contributed by atoms with E-state index in [9.17, 15) is 21.6 Å². The van der Waals surface area contributed by atoms with Crippen molar-refractivity contribution in [2.75, 3.05) is 10.5 Å². The Labute approximate surface area is 123 Å². The summed E-state index contributed by atoms with van der Waals surface area (Å²) < 4.78 is 65.4. The van der Waals surface area contributed by atoms with Crippen LogP contribution in [0.2, 0.25) is 5.02 Å². The number of rotatable bonds is 3. The van der Waals surface area contributed by atoms with Crippen molar-refractivity contribution in [3.05, 3.63) is 52.8 Å². The second-order valence-corrected chi connectivity index (χ2v) is 6.07. The summed E-state index contributed by atoms with van der Waals surface area (Å²) >= 11 is 5.72. The molecule has 0 saturated carbocycles. The van der Waals surface area contributed by atoms with Gasteiger partial charge in [0.1, 0.15) is 4.90 Å². The van der Waals surface area contributed by atoms with Crippen LogP contribution in [-0.2, 0) is 10.0 Å². The van der Waals surface area contributed by atoms with Crippen molar-refractivity contribution >= 4 is 33.0 Å². The van der Waals surface area contributed by atoms with Crippen molar-refractivity contribution < 1.29 is 21.6 Å². The lowest BCUT2D eigenvalue weighted by Crippen LogP contribution is -2.16. The quantitative estimate of drug-likeness (QED) is 0.668. The molecule has 0 aliphatic carbocycles. The monoisotopic (exact) mass is 336 g/mol. The Morgan fingerprint density at radius 2 is 1.71 bits per heavy atom. The maximum atomic E-state index is 13.5. The minimum atomic E-state index is -4.44. The molecule has 2 rings (SSSR count). The van der Waals surface area contributed by atoms with E-state index in [1.165, 1.54) is 18.2 Å². The van der Waals surface area contributed by atoms with E-state index < -0.39 is 32.4 Å². The maximum Gasteiger partial charge on any atom is 0.264 e. The van der Waals surface area contributed by atoms with E-state index in [1.54, 1.807) is 0 Å². The molecule has 0 heterocycles. The zero-order valence-corrected chi connectivity index (χ0v) is 11.8. The van der Waals surface area contributed by atoms with Gasteiger partial charge < -0.3 is 5.73 Å². The Morgan fingerprint density at radius 1 is 1.05 bits per heavy atom. The highest BCUT2D eigenvalue weighted by Gasteiger charge is 2.24. The van der Waals surface area contributed by atoms with Crippen LogP contribution in [-0.4, -0.2) is 8.42 Å². The molecule has 0 aliphatic heterocycles. The Bertz CT molecular complexity index is 812. The van der Waals surface area contributed by atoms with E-state index in [2.05, 4.69) is 0 Å². The molecule has 0 saturated heterocycles. The van der Waals surface area contributed by atoms with E-state index in [-0.39, 0.29) is 16.4 Å². The summed E-state index contributed by atoms with van der Waals surface area (Å²) in [6, 6.07) is 4.96. The van der Waals surface area contributed by atoms with Crippen molar-refractivity contribution in [3.8, 4) is 0 Å². The van der Waals surface area contributed by atoms with Crippen LogP contribution in [0.3, 0.4) is 0 Å². The largest absolute Gasteiger partial charge is 0.398 e. The fourth-order valence-corrected chi connectivity index (χ4v) is 2.82. The van der Waals surface area contributed by atoms with E-state index in [4.69, 9.17) is 17.3 Å². The first-order valence-electron chi connectivity index (χ1n) is 5.43. The molecule has 2 aromatic rings. The first kappa shape index (κ1) is 15.5. The third-order valence-corrected chi connectivity index (χ3v) is 4.27. The third kappa shape index (κ3) is 3.06. The predicted octanol–water partition coefficient (Wildman–Crippen LogP) is 3.14. The van der Waals surface area contributed by atoms with Gasteiger partial charge in [-0.25, -0.2) is 21.6 Å². The summed E-state index contributed by atoms with van der Waals surface area (Å²) in [4.78, 5) is -1.02.